The van der Waals surface area contributed by atoms with Crippen LogP contribution in [-0.2, 0) is 14.3 Å². The molecule has 1 aromatic carbocycles. The topological polar surface area (TPSA) is 85.7 Å². The summed E-state index contributed by atoms with van der Waals surface area (Å²) in [5.41, 5.74) is 1.70. The van der Waals surface area contributed by atoms with E-state index in [9.17, 15) is 13.5 Å². The number of aromatic hydroxyl groups is 1. The summed E-state index contributed by atoms with van der Waals surface area (Å²) in [4.78, 5) is 4.21. The molecular formula is C22H29NO5S. The zero-order chi connectivity index (χ0) is 21.0. The van der Waals surface area contributed by atoms with Gasteiger partial charge in [0.1, 0.15) is 11.5 Å². The van der Waals surface area contributed by atoms with E-state index in [1.54, 1.807) is 19.1 Å². The Kier molecular flexibility index (Phi) is 6.80. The van der Waals surface area contributed by atoms with Gasteiger partial charge in [0.05, 0.1) is 30.9 Å². The third-order valence-electron chi connectivity index (χ3n) is 5.96. The summed E-state index contributed by atoms with van der Waals surface area (Å²) in [7, 11) is -2.32. The van der Waals surface area contributed by atoms with Crippen LogP contribution in [0.2, 0.25) is 0 Å². The molecule has 0 radical (unpaired) electrons. The average Bonchev–Trinajstić information content (AvgIpc) is 2.73. The van der Waals surface area contributed by atoms with Gasteiger partial charge in [-0.3, -0.25) is 9.17 Å². The van der Waals surface area contributed by atoms with Crippen molar-refractivity contribution in [3.05, 3.63) is 42.6 Å². The zero-order valence-corrected chi connectivity index (χ0v) is 17.9. The lowest BCUT2D eigenvalue weighted by molar-refractivity contribution is 0.119. The van der Waals surface area contributed by atoms with Gasteiger partial charge in [-0.25, -0.2) is 0 Å². The monoisotopic (exact) mass is 419 g/mol. The van der Waals surface area contributed by atoms with Crippen LogP contribution in [0.3, 0.4) is 0 Å². The molecule has 0 aliphatic heterocycles. The first-order valence-electron chi connectivity index (χ1n) is 9.98. The molecule has 0 amide bonds. The second kappa shape index (κ2) is 9.13. The fraction of sp³-hybridized carbons (Fsp3) is 0.500. The summed E-state index contributed by atoms with van der Waals surface area (Å²) < 4.78 is 35.2. The van der Waals surface area contributed by atoms with Crippen LogP contribution >= 0.6 is 0 Å². The second-order valence-electron chi connectivity index (χ2n) is 7.94. The zero-order valence-electron chi connectivity index (χ0n) is 17.1. The number of ether oxygens (including phenoxy) is 1. The van der Waals surface area contributed by atoms with E-state index in [0.717, 1.165) is 36.3 Å². The van der Waals surface area contributed by atoms with Crippen LogP contribution in [0.25, 0.3) is 11.3 Å². The van der Waals surface area contributed by atoms with Gasteiger partial charge >= 0.3 is 0 Å². The van der Waals surface area contributed by atoms with Gasteiger partial charge in [-0.05, 0) is 73.9 Å². The van der Waals surface area contributed by atoms with Gasteiger partial charge in [0.25, 0.3) is 10.1 Å². The minimum Gasteiger partial charge on any atom is -0.506 e. The smallest absolute Gasteiger partial charge is 0.269 e. The SMILES string of the molecule is COS(=O)(=O)C(C)C1CCC(C)CC1COc1ccc(-c2ccc(O)cn2)cc1. The first kappa shape index (κ1) is 21.6. The highest BCUT2D eigenvalue weighted by atomic mass is 32.2. The van der Waals surface area contributed by atoms with Crippen LogP contribution in [0.1, 0.15) is 33.1 Å². The normalized spacial score (nSPS) is 23.5. The van der Waals surface area contributed by atoms with E-state index in [4.69, 9.17) is 8.92 Å². The Morgan fingerprint density at radius 3 is 2.52 bits per heavy atom. The van der Waals surface area contributed by atoms with Crippen LogP contribution in [-0.4, -0.2) is 37.5 Å². The molecule has 4 atom stereocenters. The van der Waals surface area contributed by atoms with Crippen molar-refractivity contribution in [3.63, 3.8) is 0 Å². The summed E-state index contributed by atoms with van der Waals surface area (Å²) >= 11 is 0. The highest BCUT2D eigenvalue weighted by molar-refractivity contribution is 7.87. The lowest BCUT2D eigenvalue weighted by atomic mass is 9.73. The van der Waals surface area contributed by atoms with E-state index in [0.29, 0.717) is 12.5 Å². The van der Waals surface area contributed by atoms with E-state index in [2.05, 4.69) is 11.9 Å². The number of nitrogens with zero attached hydrogens (tertiary/aromatic N) is 1. The molecule has 7 heteroatoms. The number of benzene rings is 1. The van der Waals surface area contributed by atoms with Crippen molar-refractivity contribution in [2.45, 2.75) is 38.4 Å². The molecule has 2 aromatic rings. The Morgan fingerprint density at radius 1 is 1.17 bits per heavy atom. The van der Waals surface area contributed by atoms with Crippen molar-refractivity contribution in [1.29, 1.82) is 0 Å². The number of pyridine rings is 1. The average molecular weight is 420 g/mol. The predicted octanol–water partition coefficient (Wildman–Crippen LogP) is 4.25. The van der Waals surface area contributed by atoms with Gasteiger partial charge in [-0.2, -0.15) is 8.42 Å². The maximum Gasteiger partial charge on any atom is 0.269 e. The lowest BCUT2D eigenvalue weighted by Crippen LogP contribution is -2.39. The molecule has 29 heavy (non-hydrogen) atoms. The standard InChI is InChI=1S/C22H29NO5S/c1-15-4-10-21(16(2)29(25,26)27-3)18(12-15)14-28-20-8-5-17(6-9-20)22-11-7-19(24)13-23-22/h5-9,11,13,15-16,18,21,24H,4,10,12,14H2,1-3H3. The molecule has 1 N–H and O–H groups in total. The van der Waals surface area contributed by atoms with Crippen molar-refractivity contribution >= 4 is 10.1 Å². The Morgan fingerprint density at radius 2 is 1.90 bits per heavy atom. The molecule has 0 bridgehead atoms. The third-order valence-corrected chi connectivity index (χ3v) is 7.68. The van der Waals surface area contributed by atoms with E-state index >= 15 is 0 Å². The molecule has 3 rings (SSSR count). The molecule has 1 fully saturated rings. The molecule has 1 heterocycles. The maximum atomic E-state index is 12.2. The van der Waals surface area contributed by atoms with Gasteiger partial charge in [0.15, 0.2) is 0 Å². The molecular weight excluding hydrogens is 390 g/mol. The fourth-order valence-corrected chi connectivity index (χ4v) is 5.27. The summed E-state index contributed by atoms with van der Waals surface area (Å²) in [5.74, 6) is 1.62. The highest BCUT2D eigenvalue weighted by Gasteiger charge is 2.38. The largest absolute Gasteiger partial charge is 0.506 e. The Balaban J connectivity index is 1.67. The van der Waals surface area contributed by atoms with Gasteiger partial charge in [-0.15, -0.1) is 0 Å². The maximum absolute atomic E-state index is 12.2. The Hall–Kier alpha value is -2.12. The Bertz CT molecular complexity index is 896. The summed E-state index contributed by atoms with van der Waals surface area (Å²) in [6.07, 6.45) is 4.26. The molecule has 158 valence electrons. The predicted molar refractivity (Wildman–Crippen MR) is 112 cm³/mol. The first-order chi connectivity index (χ1) is 13.8. The molecule has 0 spiro atoms. The minimum atomic E-state index is -3.55. The first-order valence-corrected chi connectivity index (χ1v) is 11.4. The van der Waals surface area contributed by atoms with Crippen molar-refractivity contribution < 1.29 is 22.4 Å². The van der Waals surface area contributed by atoms with Crippen LogP contribution in [0.15, 0.2) is 42.6 Å². The number of hydrogen-bond acceptors (Lipinski definition) is 6. The van der Waals surface area contributed by atoms with E-state index < -0.39 is 15.4 Å². The van der Waals surface area contributed by atoms with E-state index in [-0.39, 0.29) is 17.6 Å². The fourth-order valence-electron chi connectivity index (χ4n) is 4.18. The lowest BCUT2D eigenvalue weighted by Gasteiger charge is -2.37. The highest BCUT2D eigenvalue weighted by Crippen LogP contribution is 2.38. The molecule has 4 unspecified atom stereocenters. The molecule has 1 saturated carbocycles. The van der Waals surface area contributed by atoms with E-state index in [1.807, 2.05) is 24.3 Å². The van der Waals surface area contributed by atoms with Crippen molar-refractivity contribution in [1.82, 2.24) is 4.98 Å². The molecule has 1 aliphatic carbocycles. The summed E-state index contributed by atoms with van der Waals surface area (Å²) in [5, 5.41) is 8.81. The van der Waals surface area contributed by atoms with Gasteiger partial charge < -0.3 is 9.84 Å². The summed E-state index contributed by atoms with van der Waals surface area (Å²) in [6.45, 7) is 4.43. The Labute approximate surface area is 173 Å². The van der Waals surface area contributed by atoms with Gasteiger partial charge in [0, 0.05) is 5.56 Å². The van der Waals surface area contributed by atoms with Crippen LogP contribution in [0.5, 0.6) is 11.5 Å². The second-order valence-corrected chi connectivity index (χ2v) is 10.0. The van der Waals surface area contributed by atoms with Crippen molar-refractivity contribution in [2.75, 3.05) is 13.7 Å². The quantitative estimate of drug-likeness (QED) is 0.675. The van der Waals surface area contributed by atoms with Crippen molar-refractivity contribution in [2.24, 2.45) is 17.8 Å². The van der Waals surface area contributed by atoms with E-state index in [1.165, 1.54) is 13.3 Å². The minimum absolute atomic E-state index is 0.0246. The van der Waals surface area contributed by atoms with Gasteiger partial charge in [-0.1, -0.05) is 13.3 Å². The molecule has 6 nitrogen and oxygen atoms in total. The van der Waals surface area contributed by atoms with Crippen LogP contribution in [0.4, 0.5) is 0 Å². The van der Waals surface area contributed by atoms with Crippen LogP contribution in [0, 0.1) is 17.8 Å². The van der Waals surface area contributed by atoms with Crippen LogP contribution < -0.4 is 4.74 Å². The van der Waals surface area contributed by atoms with Gasteiger partial charge in [0.2, 0.25) is 0 Å². The van der Waals surface area contributed by atoms with Crippen molar-refractivity contribution in [3.8, 4) is 22.8 Å². The molecule has 0 saturated heterocycles. The summed E-state index contributed by atoms with van der Waals surface area (Å²) in [6, 6.07) is 11.0. The number of rotatable bonds is 7. The molecule has 1 aliphatic rings. The molecule has 1 aromatic heterocycles. The number of aromatic nitrogens is 1. The third kappa shape index (κ3) is 5.28. The number of hydrogen-bond donors (Lipinski definition) is 1.